The quantitative estimate of drug-likeness (QED) is 0.514. The van der Waals surface area contributed by atoms with E-state index < -0.39 is 12.8 Å². The summed E-state index contributed by atoms with van der Waals surface area (Å²) in [6.07, 6.45) is -2.86. The SMILES string of the molecule is COc1ccc(CC(CBr)CCOCC(F)(F)F)cc1. The summed E-state index contributed by atoms with van der Waals surface area (Å²) in [5.74, 6) is 1.04. The molecule has 0 amide bonds. The van der Waals surface area contributed by atoms with Crippen LogP contribution in [0.3, 0.4) is 0 Å². The second-order valence-corrected chi connectivity index (χ2v) is 5.18. The van der Waals surface area contributed by atoms with E-state index in [-0.39, 0.29) is 12.5 Å². The second kappa shape index (κ2) is 8.52. The molecule has 2 nitrogen and oxygen atoms in total. The van der Waals surface area contributed by atoms with Gasteiger partial charge in [-0.3, -0.25) is 0 Å². The van der Waals surface area contributed by atoms with Crippen LogP contribution in [-0.2, 0) is 11.2 Å². The predicted molar refractivity (Wildman–Crippen MR) is 75.5 cm³/mol. The van der Waals surface area contributed by atoms with Crippen LogP contribution < -0.4 is 4.74 Å². The molecular formula is C14H18BrF3O2. The van der Waals surface area contributed by atoms with E-state index in [4.69, 9.17) is 4.74 Å². The van der Waals surface area contributed by atoms with Gasteiger partial charge in [0.2, 0.25) is 0 Å². The molecule has 0 saturated carbocycles. The summed E-state index contributed by atoms with van der Waals surface area (Å²) in [6.45, 7) is -1.06. The molecule has 0 aromatic heterocycles. The minimum absolute atomic E-state index is 0.117. The first kappa shape index (κ1) is 17.3. The third-order valence-electron chi connectivity index (χ3n) is 2.84. The lowest BCUT2D eigenvalue weighted by molar-refractivity contribution is -0.174. The molecule has 1 aromatic carbocycles. The van der Waals surface area contributed by atoms with Gasteiger partial charge >= 0.3 is 6.18 Å². The van der Waals surface area contributed by atoms with E-state index in [2.05, 4.69) is 20.7 Å². The van der Waals surface area contributed by atoms with Crippen molar-refractivity contribution in [2.24, 2.45) is 5.92 Å². The molecule has 1 rings (SSSR count). The molecule has 0 heterocycles. The number of benzene rings is 1. The zero-order valence-electron chi connectivity index (χ0n) is 11.3. The highest BCUT2D eigenvalue weighted by atomic mass is 79.9. The molecule has 20 heavy (non-hydrogen) atoms. The Bertz CT molecular complexity index is 379. The summed E-state index contributed by atoms with van der Waals surface area (Å²) in [7, 11) is 1.61. The lowest BCUT2D eigenvalue weighted by Crippen LogP contribution is -2.19. The van der Waals surface area contributed by atoms with Gasteiger partial charge in [0.15, 0.2) is 0 Å². The largest absolute Gasteiger partial charge is 0.497 e. The minimum Gasteiger partial charge on any atom is -0.497 e. The maximum Gasteiger partial charge on any atom is 0.411 e. The highest BCUT2D eigenvalue weighted by molar-refractivity contribution is 9.09. The third-order valence-corrected chi connectivity index (χ3v) is 3.75. The van der Waals surface area contributed by atoms with Crippen molar-refractivity contribution in [2.45, 2.75) is 19.0 Å². The maximum atomic E-state index is 11.9. The molecule has 1 aromatic rings. The fourth-order valence-corrected chi connectivity index (χ4v) is 2.32. The van der Waals surface area contributed by atoms with Crippen molar-refractivity contribution in [2.75, 3.05) is 25.7 Å². The summed E-state index contributed by atoms with van der Waals surface area (Å²) < 4.78 is 45.5. The van der Waals surface area contributed by atoms with Gasteiger partial charge in [-0.15, -0.1) is 0 Å². The lowest BCUT2D eigenvalue weighted by atomic mass is 9.98. The molecule has 0 bridgehead atoms. The van der Waals surface area contributed by atoms with Gasteiger partial charge < -0.3 is 9.47 Å². The molecule has 1 unspecified atom stereocenters. The Labute approximate surface area is 125 Å². The van der Waals surface area contributed by atoms with Gasteiger partial charge in [0.05, 0.1) is 7.11 Å². The van der Waals surface area contributed by atoms with Crippen molar-refractivity contribution in [3.63, 3.8) is 0 Å². The standard InChI is InChI=1S/C14H18BrF3O2/c1-19-13-4-2-11(3-5-13)8-12(9-15)6-7-20-10-14(16,17)18/h2-5,12H,6-10H2,1H3. The molecule has 0 aliphatic rings. The summed E-state index contributed by atoms with van der Waals surface area (Å²) in [5.41, 5.74) is 1.13. The Morgan fingerprint density at radius 2 is 1.85 bits per heavy atom. The van der Waals surface area contributed by atoms with Crippen LogP contribution in [0.2, 0.25) is 0 Å². The summed E-state index contributed by atoms with van der Waals surface area (Å²) >= 11 is 3.39. The van der Waals surface area contributed by atoms with Crippen LogP contribution in [0.5, 0.6) is 5.75 Å². The number of hydrogen-bond donors (Lipinski definition) is 0. The molecule has 0 fully saturated rings. The number of ether oxygens (including phenoxy) is 2. The van der Waals surface area contributed by atoms with Crippen molar-refractivity contribution in [1.82, 2.24) is 0 Å². The average molecular weight is 355 g/mol. The van der Waals surface area contributed by atoms with Gasteiger partial charge in [0, 0.05) is 11.9 Å². The Kier molecular flexibility index (Phi) is 7.37. The molecule has 0 aliphatic heterocycles. The van der Waals surface area contributed by atoms with Crippen LogP contribution in [0.15, 0.2) is 24.3 Å². The Morgan fingerprint density at radius 1 is 1.20 bits per heavy atom. The number of alkyl halides is 4. The van der Waals surface area contributed by atoms with Crippen LogP contribution in [0.1, 0.15) is 12.0 Å². The fraction of sp³-hybridized carbons (Fsp3) is 0.571. The smallest absolute Gasteiger partial charge is 0.411 e. The van der Waals surface area contributed by atoms with E-state index in [9.17, 15) is 13.2 Å². The van der Waals surface area contributed by atoms with Crippen LogP contribution in [-0.4, -0.2) is 31.8 Å². The number of hydrogen-bond acceptors (Lipinski definition) is 2. The molecule has 6 heteroatoms. The fourth-order valence-electron chi connectivity index (χ4n) is 1.77. The van der Waals surface area contributed by atoms with E-state index in [1.54, 1.807) is 7.11 Å². The van der Waals surface area contributed by atoms with Crippen LogP contribution in [0, 0.1) is 5.92 Å². The van der Waals surface area contributed by atoms with Gasteiger partial charge in [-0.1, -0.05) is 28.1 Å². The first-order valence-electron chi connectivity index (χ1n) is 6.28. The molecule has 114 valence electrons. The topological polar surface area (TPSA) is 18.5 Å². The average Bonchev–Trinajstić information content (AvgIpc) is 2.42. The first-order valence-corrected chi connectivity index (χ1v) is 7.40. The number of methoxy groups -OCH3 is 1. The first-order chi connectivity index (χ1) is 9.44. The Balaban J connectivity index is 2.34. The van der Waals surface area contributed by atoms with Crippen molar-refractivity contribution in [3.8, 4) is 5.75 Å². The summed E-state index contributed by atoms with van der Waals surface area (Å²) in [6, 6.07) is 7.68. The van der Waals surface area contributed by atoms with E-state index in [0.717, 1.165) is 23.1 Å². The zero-order valence-corrected chi connectivity index (χ0v) is 12.8. The van der Waals surface area contributed by atoms with Gasteiger partial charge in [0.25, 0.3) is 0 Å². The number of halogens is 4. The van der Waals surface area contributed by atoms with E-state index in [1.165, 1.54) is 0 Å². The van der Waals surface area contributed by atoms with E-state index >= 15 is 0 Å². The molecule has 1 atom stereocenters. The van der Waals surface area contributed by atoms with Gasteiger partial charge in [-0.05, 0) is 36.5 Å². The molecule has 0 radical (unpaired) electrons. The van der Waals surface area contributed by atoms with E-state index in [0.29, 0.717) is 6.42 Å². The van der Waals surface area contributed by atoms with Crippen molar-refractivity contribution < 1.29 is 22.6 Å². The van der Waals surface area contributed by atoms with Gasteiger partial charge in [-0.25, -0.2) is 0 Å². The normalized spacial score (nSPS) is 13.2. The summed E-state index contributed by atoms with van der Waals surface area (Å²) in [4.78, 5) is 0. The minimum atomic E-state index is -4.25. The predicted octanol–water partition coefficient (Wildman–Crippen LogP) is 4.22. The van der Waals surface area contributed by atoms with Crippen LogP contribution in [0.25, 0.3) is 0 Å². The van der Waals surface area contributed by atoms with Crippen LogP contribution in [0.4, 0.5) is 13.2 Å². The molecular weight excluding hydrogens is 337 g/mol. The van der Waals surface area contributed by atoms with Crippen molar-refractivity contribution in [3.05, 3.63) is 29.8 Å². The van der Waals surface area contributed by atoms with E-state index in [1.807, 2.05) is 24.3 Å². The molecule has 0 N–H and O–H groups in total. The highest BCUT2D eigenvalue weighted by Gasteiger charge is 2.27. The second-order valence-electron chi connectivity index (χ2n) is 4.53. The highest BCUT2D eigenvalue weighted by Crippen LogP contribution is 2.19. The zero-order chi connectivity index (χ0) is 15.0. The maximum absolute atomic E-state index is 11.9. The molecule has 0 saturated heterocycles. The van der Waals surface area contributed by atoms with Gasteiger partial charge in [0.1, 0.15) is 12.4 Å². The summed E-state index contributed by atoms with van der Waals surface area (Å²) in [5, 5.41) is 0.731. The molecule has 0 spiro atoms. The Hall–Kier alpha value is -0.750. The van der Waals surface area contributed by atoms with Gasteiger partial charge in [-0.2, -0.15) is 13.2 Å². The monoisotopic (exact) mass is 354 g/mol. The van der Waals surface area contributed by atoms with Crippen molar-refractivity contribution >= 4 is 15.9 Å². The van der Waals surface area contributed by atoms with Crippen LogP contribution >= 0.6 is 15.9 Å². The Morgan fingerprint density at radius 3 is 2.35 bits per heavy atom. The third kappa shape index (κ3) is 7.14. The molecule has 0 aliphatic carbocycles. The lowest BCUT2D eigenvalue weighted by Gasteiger charge is -2.15. The number of rotatable bonds is 8. The van der Waals surface area contributed by atoms with Crippen molar-refractivity contribution in [1.29, 1.82) is 0 Å².